The highest BCUT2D eigenvalue weighted by Gasteiger charge is 2.23. The monoisotopic (exact) mass is 271 g/mol. The summed E-state index contributed by atoms with van der Waals surface area (Å²) in [6.07, 6.45) is -0.0806. The van der Waals surface area contributed by atoms with Crippen molar-refractivity contribution in [3.8, 4) is 5.75 Å². The van der Waals surface area contributed by atoms with E-state index in [-0.39, 0.29) is 11.9 Å². The molecule has 3 heteroatoms. The van der Waals surface area contributed by atoms with Gasteiger partial charge >= 0.3 is 0 Å². The van der Waals surface area contributed by atoms with Gasteiger partial charge in [-0.3, -0.25) is 0 Å². The molecule has 0 aromatic heterocycles. The lowest BCUT2D eigenvalue weighted by Crippen LogP contribution is -2.24. The molecule has 2 nitrogen and oxygen atoms in total. The van der Waals surface area contributed by atoms with Crippen LogP contribution in [0.3, 0.4) is 0 Å². The lowest BCUT2D eigenvalue weighted by molar-refractivity contribution is 0.207. The fourth-order valence-electron chi connectivity index (χ4n) is 2.53. The Bertz CT molecular complexity index is 607. The van der Waals surface area contributed by atoms with Crippen LogP contribution in [0, 0.1) is 5.82 Å². The number of ether oxygens (including phenoxy) is 1. The van der Waals surface area contributed by atoms with Crippen molar-refractivity contribution < 1.29 is 9.13 Å². The highest BCUT2D eigenvalue weighted by molar-refractivity contribution is 5.62. The average molecular weight is 271 g/mol. The molecule has 0 saturated carbocycles. The quantitative estimate of drug-likeness (QED) is 0.868. The molecule has 2 aromatic rings. The number of benzene rings is 2. The predicted molar refractivity (Wildman–Crippen MR) is 78.8 cm³/mol. The number of anilines is 1. The highest BCUT2D eigenvalue weighted by atomic mass is 19.1. The summed E-state index contributed by atoms with van der Waals surface area (Å²) in [6, 6.07) is 12.7. The first-order valence-corrected chi connectivity index (χ1v) is 6.94. The third-order valence-electron chi connectivity index (χ3n) is 3.65. The van der Waals surface area contributed by atoms with Crippen LogP contribution in [0.15, 0.2) is 42.5 Å². The van der Waals surface area contributed by atoms with Gasteiger partial charge < -0.3 is 10.1 Å². The van der Waals surface area contributed by atoms with E-state index in [9.17, 15) is 4.39 Å². The fraction of sp³-hybridized carbons (Fsp3) is 0.294. The maximum Gasteiger partial charge on any atom is 0.146 e. The van der Waals surface area contributed by atoms with E-state index in [1.807, 2.05) is 12.1 Å². The Hall–Kier alpha value is -2.03. The van der Waals surface area contributed by atoms with Crippen LogP contribution in [0.25, 0.3) is 0 Å². The number of halogens is 1. The number of para-hydroxylation sites is 1. The van der Waals surface area contributed by atoms with E-state index in [0.29, 0.717) is 12.5 Å². The first-order valence-electron chi connectivity index (χ1n) is 6.94. The van der Waals surface area contributed by atoms with Crippen molar-refractivity contribution in [2.24, 2.45) is 0 Å². The summed E-state index contributed by atoms with van der Waals surface area (Å²) in [4.78, 5) is 0. The number of nitrogens with one attached hydrogen (secondary N) is 1. The summed E-state index contributed by atoms with van der Waals surface area (Å²) >= 11 is 0. The molecule has 2 aromatic carbocycles. The zero-order chi connectivity index (χ0) is 14.1. The van der Waals surface area contributed by atoms with Crippen molar-refractivity contribution in [2.45, 2.75) is 25.9 Å². The second-order valence-electron chi connectivity index (χ2n) is 5.42. The molecule has 0 fully saturated rings. The normalized spacial score (nSPS) is 17.3. The minimum atomic E-state index is -0.221. The molecule has 1 heterocycles. The van der Waals surface area contributed by atoms with Crippen LogP contribution < -0.4 is 10.1 Å². The van der Waals surface area contributed by atoms with Crippen LogP contribution in [0.4, 0.5) is 10.1 Å². The molecule has 20 heavy (non-hydrogen) atoms. The number of hydrogen-bond donors (Lipinski definition) is 1. The SMILES string of the molecule is CC(C)c1cccc2c1OC(c1ccc(F)cc1)CN2. The minimum Gasteiger partial charge on any atom is -0.481 e. The van der Waals surface area contributed by atoms with Crippen LogP contribution in [-0.2, 0) is 0 Å². The molecule has 0 amide bonds. The van der Waals surface area contributed by atoms with Crippen molar-refractivity contribution in [1.82, 2.24) is 0 Å². The van der Waals surface area contributed by atoms with Gasteiger partial charge in [-0.1, -0.05) is 38.1 Å². The molecular formula is C17H18FNO. The van der Waals surface area contributed by atoms with E-state index in [1.165, 1.54) is 17.7 Å². The summed E-state index contributed by atoms with van der Waals surface area (Å²) in [5.41, 5.74) is 3.22. The van der Waals surface area contributed by atoms with Gasteiger partial charge in [-0.2, -0.15) is 0 Å². The predicted octanol–water partition coefficient (Wildman–Crippen LogP) is 4.49. The first-order chi connectivity index (χ1) is 9.65. The topological polar surface area (TPSA) is 21.3 Å². The Kier molecular flexibility index (Phi) is 3.35. The van der Waals surface area contributed by atoms with E-state index in [4.69, 9.17) is 4.74 Å². The van der Waals surface area contributed by atoms with Crippen LogP contribution in [0.5, 0.6) is 5.75 Å². The van der Waals surface area contributed by atoms with Crippen molar-refractivity contribution in [3.05, 3.63) is 59.4 Å². The molecule has 0 radical (unpaired) electrons. The van der Waals surface area contributed by atoms with Gasteiger partial charge in [0.05, 0.1) is 12.2 Å². The van der Waals surface area contributed by atoms with Gasteiger partial charge in [0.1, 0.15) is 17.7 Å². The maximum atomic E-state index is 13.0. The van der Waals surface area contributed by atoms with E-state index in [2.05, 4.69) is 25.2 Å². The minimum absolute atomic E-state index is 0.0806. The van der Waals surface area contributed by atoms with Crippen LogP contribution in [0.1, 0.15) is 37.0 Å². The van der Waals surface area contributed by atoms with Gasteiger partial charge in [-0.05, 0) is 35.2 Å². The zero-order valence-corrected chi connectivity index (χ0v) is 11.7. The Labute approximate surface area is 118 Å². The van der Waals surface area contributed by atoms with Crippen molar-refractivity contribution in [1.29, 1.82) is 0 Å². The largest absolute Gasteiger partial charge is 0.481 e. The zero-order valence-electron chi connectivity index (χ0n) is 11.7. The van der Waals surface area contributed by atoms with Crippen LogP contribution in [-0.4, -0.2) is 6.54 Å². The number of fused-ring (bicyclic) bond motifs is 1. The molecule has 0 spiro atoms. The molecule has 3 rings (SSSR count). The van der Waals surface area contributed by atoms with Crippen LogP contribution >= 0.6 is 0 Å². The summed E-state index contributed by atoms with van der Waals surface area (Å²) in [5, 5.41) is 3.40. The second-order valence-corrected chi connectivity index (χ2v) is 5.42. The fourth-order valence-corrected chi connectivity index (χ4v) is 2.53. The van der Waals surface area contributed by atoms with Crippen molar-refractivity contribution >= 4 is 5.69 Å². The average Bonchev–Trinajstić information content (AvgIpc) is 2.46. The number of hydrogen-bond acceptors (Lipinski definition) is 2. The molecule has 1 aliphatic rings. The Morgan fingerprint density at radius 3 is 2.60 bits per heavy atom. The lowest BCUT2D eigenvalue weighted by atomic mass is 9.99. The molecule has 1 aliphatic heterocycles. The highest BCUT2D eigenvalue weighted by Crippen LogP contribution is 2.39. The van der Waals surface area contributed by atoms with Crippen molar-refractivity contribution in [2.75, 3.05) is 11.9 Å². The van der Waals surface area contributed by atoms with E-state index >= 15 is 0 Å². The Morgan fingerprint density at radius 2 is 1.90 bits per heavy atom. The molecular weight excluding hydrogens is 253 g/mol. The van der Waals surface area contributed by atoms with E-state index in [0.717, 1.165) is 17.0 Å². The van der Waals surface area contributed by atoms with Crippen molar-refractivity contribution in [3.63, 3.8) is 0 Å². The molecule has 0 aliphatic carbocycles. The summed E-state index contributed by atoms with van der Waals surface area (Å²) in [5.74, 6) is 1.10. The van der Waals surface area contributed by atoms with Gasteiger partial charge in [-0.15, -0.1) is 0 Å². The van der Waals surface area contributed by atoms with Gasteiger partial charge in [0.2, 0.25) is 0 Å². The molecule has 0 saturated heterocycles. The lowest BCUT2D eigenvalue weighted by Gasteiger charge is -2.30. The van der Waals surface area contributed by atoms with Crippen LogP contribution in [0.2, 0.25) is 0 Å². The molecule has 1 unspecified atom stereocenters. The third-order valence-corrected chi connectivity index (χ3v) is 3.65. The van der Waals surface area contributed by atoms with E-state index < -0.39 is 0 Å². The smallest absolute Gasteiger partial charge is 0.146 e. The van der Waals surface area contributed by atoms with Gasteiger partial charge in [0, 0.05) is 0 Å². The third kappa shape index (κ3) is 2.36. The summed E-state index contributed by atoms with van der Waals surface area (Å²) in [6.45, 7) is 5.00. The van der Waals surface area contributed by atoms with E-state index in [1.54, 1.807) is 12.1 Å². The first kappa shape index (κ1) is 13.0. The number of rotatable bonds is 2. The van der Waals surface area contributed by atoms with Gasteiger partial charge in [0.25, 0.3) is 0 Å². The molecule has 0 bridgehead atoms. The summed E-state index contributed by atoms with van der Waals surface area (Å²) in [7, 11) is 0. The standard InChI is InChI=1S/C17H18FNO/c1-11(2)14-4-3-5-15-17(14)20-16(10-19-15)12-6-8-13(18)9-7-12/h3-9,11,16,19H,10H2,1-2H3. The van der Waals surface area contributed by atoms with Gasteiger partial charge in [0.15, 0.2) is 0 Å². The molecule has 1 N–H and O–H groups in total. The molecule has 1 atom stereocenters. The molecule has 104 valence electrons. The summed E-state index contributed by atoms with van der Waals surface area (Å²) < 4.78 is 19.2. The van der Waals surface area contributed by atoms with Gasteiger partial charge in [-0.25, -0.2) is 4.39 Å². The Balaban J connectivity index is 1.93. The second kappa shape index (κ2) is 5.16. The maximum absolute atomic E-state index is 13.0. The Morgan fingerprint density at radius 1 is 1.15 bits per heavy atom.